The van der Waals surface area contributed by atoms with Crippen LogP contribution in [0.5, 0.6) is 0 Å². The van der Waals surface area contributed by atoms with Crippen LogP contribution in [0.15, 0.2) is 36.9 Å². The Bertz CT molecular complexity index is 690. The van der Waals surface area contributed by atoms with Gasteiger partial charge in [-0.1, -0.05) is 37.3 Å². The summed E-state index contributed by atoms with van der Waals surface area (Å²) in [6, 6.07) is 8.78. The van der Waals surface area contributed by atoms with Crippen molar-refractivity contribution >= 4 is 5.91 Å². The number of benzene rings is 1. The van der Waals surface area contributed by atoms with Crippen LogP contribution in [-0.4, -0.2) is 29.4 Å². The molecule has 0 aromatic heterocycles. The number of fused-ring (bicyclic) bond motifs is 1. The number of carbonyl (C=O) groups is 1. The summed E-state index contributed by atoms with van der Waals surface area (Å²) in [6.07, 6.45) is 6.33. The van der Waals surface area contributed by atoms with E-state index in [4.69, 9.17) is 0 Å². The Hall–Kier alpha value is -1.61. The Kier molecular flexibility index (Phi) is 5.81. The molecule has 0 saturated heterocycles. The molecule has 3 heteroatoms. The van der Waals surface area contributed by atoms with Crippen molar-refractivity contribution in [2.45, 2.75) is 65.5 Å². The van der Waals surface area contributed by atoms with Crippen molar-refractivity contribution in [2.24, 2.45) is 17.3 Å². The summed E-state index contributed by atoms with van der Waals surface area (Å²) in [5.74, 6) is 1.05. The summed E-state index contributed by atoms with van der Waals surface area (Å²) in [7, 11) is 0. The minimum Gasteiger partial charge on any atom is -0.351 e. The number of nitrogens with one attached hydrogen (secondary N) is 1. The van der Waals surface area contributed by atoms with Gasteiger partial charge in [0.15, 0.2) is 0 Å². The van der Waals surface area contributed by atoms with Crippen LogP contribution in [0, 0.1) is 17.3 Å². The lowest BCUT2D eigenvalue weighted by molar-refractivity contribution is -0.138. The SMILES string of the molecule is C=C[C@@H]1CCC(CN2CCc3ccccc3C2)[C@@](C)(C(=O)NC(C)(C)C)C1. The van der Waals surface area contributed by atoms with Crippen molar-refractivity contribution in [3.63, 3.8) is 0 Å². The zero-order chi connectivity index (χ0) is 19.7. The molecule has 1 aromatic carbocycles. The smallest absolute Gasteiger partial charge is 0.226 e. The predicted molar refractivity (Wildman–Crippen MR) is 112 cm³/mol. The largest absolute Gasteiger partial charge is 0.351 e. The Morgan fingerprint density at radius 2 is 2.00 bits per heavy atom. The Morgan fingerprint density at radius 1 is 1.30 bits per heavy atom. The fourth-order valence-corrected chi connectivity index (χ4v) is 4.82. The first kappa shape index (κ1) is 20.1. The highest BCUT2D eigenvalue weighted by Crippen LogP contribution is 2.45. The van der Waals surface area contributed by atoms with Gasteiger partial charge in [-0.25, -0.2) is 0 Å². The quantitative estimate of drug-likeness (QED) is 0.790. The summed E-state index contributed by atoms with van der Waals surface area (Å²) in [5, 5.41) is 3.27. The molecular formula is C24H36N2O. The van der Waals surface area contributed by atoms with E-state index in [1.165, 1.54) is 11.1 Å². The number of rotatable bonds is 4. The summed E-state index contributed by atoms with van der Waals surface area (Å²) in [6.45, 7) is 15.5. The highest BCUT2D eigenvalue weighted by atomic mass is 16.2. The monoisotopic (exact) mass is 368 g/mol. The van der Waals surface area contributed by atoms with E-state index in [1.54, 1.807) is 0 Å². The minimum atomic E-state index is -0.332. The van der Waals surface area contributed by atoms with Gasteiger partial charge in [-0.2, -0.15) is 0 Å². The molecule has 1 fully saturated rings. The number of nitrogens with zero attached hydrogens (tertiary/aromatic N) is 1. The van der Waals surface area contributed by atoms with Gasteiger partial charge in [-0.05, 0) is 69.4 Å². The maximum atomic E-state index is 13.3. The molecule has 3 nitrogen and oxygen atoms in total. The Balaban J connectivity index is 1.75. The van der Waals surface area contributed by atoms with E-state index < -0.39 is 0 Å². The molecule has 0 bridgehead atoms. The fraction of sp³-hybridized carbons (Fsp3) is 0.625. The van der Waals surface area contributed by atoms with Gasteiger partial charge in [0, 0.05) is 25.2 Å². The molecule has 1 saturated carbocycles. The normalized spacial score (nSPS) is 29.0. The van der Waals surface area contributed by atoms with Crippen molar-refractivity contribution < 1.29 is 4.79 Å². The zero-order valence-electron chi connectivity index (χ0n) is 17.6. The van der Waals surface area contributed by atoms with E-state index >= 15 is 0 Å². The molecule has 1 unspecified atom stereocenters. The summed E-state index contributed by atoms with van der Waals surface area (Å²) in [4.78, 5) is 15.8. The third-order valence-electron chi connectivity index (χ3n) is 6.50. The van der Waals surface area contributed by atoms with E-state index in [0.717, 1.165) is 45.3 Å². The molecule has 148 valence electrons. The number of carbonyl (C=O) groups excluding carboxylic acids is 1. The Labute approximate surface area is 165 Å². The van der Waals surface area contributed by atoms with Gasteiger partial charge in [0.2, 0.25) is 5.91 Å². The van der Waals surface area contributed by atoms with Gasteiger partial charge < -0.3 is 5.32 Å². The number of hydrogen-bond donors (Lipinski definition) is 1. The maximum absolute atomic E-state index is 13.3. The van der Waals surface area contributed by atoms with Gasteiger partial charge >= 0.3 is 0 Å². The van der Waals surface area contributed by atoms with Crippen LogP contribution in [0.1, 0.15) is 58.1 Å². The standard InChI is InChI=1S/C24H36N2O/c1-6-18-11-12-21(24(5,15-18)22(27)25-23(2,3)4)17-26-14-13-19-9-7-8-10-20(19)16-26/h6-10,18,21H,1,11-17H2,2-5H3,(H,25,27)/t18-,21?,24+/m1/s1. The molecule has 0 radical (unpaired) electrons. The predicted octanol–water partition coefficient (Wildman–Crippen LogP) is 4.57. The van der Waals surface area contributed by atoms with Gasteiger partial charge in [0.05, 0.1) is 5.41 Å². The van der Waals surface area contributed by atoms with E-state index in [1.807, 2.05) is 0 Å². The maximum Gasteiger partial charge on any atom is 0.226 e. The lowest BCUT2D eigenvalue weighted by Gasteiger charge is -2.46. The van der Waals surface area contributed by atoms with Gasteiger partial charge in [0.1, 0.15) is 0 Å². The first-order chi connectivity index (χ1) is 12.7. The lowest BCUT2D eigenvalue weighted by atomic mass is 9.63. The van der Waals surface area contributed by atoms with Crippen LogP contribution in [0.3, 0.4) is 0 Å². The second-order valence-corrected chi connectivity index (χ2v) is 9.85. The van der Waals surface area contributed by atoms with Crippen LogP contribution in [-0.2, 0) is 17.8 Å². The average Bonchev–Trinajstić information content (AvgIpc) is 2.62. The van der Waals surface area contributed by atoms with Crippen LogP contribution in [0.4, 0.5) is 0 Å². The van der Waals surface area contributed by atoms with E-state index in [0.29, 0.717) is 11.8 Å². The molecule has 3 atom stereocenters. The molecule has 0 spiro atoms. The van der Waals surface area contributed by atoms with Crippen LogP contribution < -0.4 is 5.32 Å². The number of allylic oxidation sites excluding steroid dienone is 1. The van der Waals surface area contributed by atoms with Crippen LogP contribution in [0.25, 0.3) is 0 Å². The molecule has 1 heterocycles. The van der Waals surface area contributed by atoms with Crippen LogP contribution in [0.2, 0.25) is 0 Å². The van der Waals surface area contributed by atoms with Gasteiger partial charge in [0.25, 0.3) is 0 Å². The molecule has 2 aliphatic rings. The zero-order valence-corrected chi connectivity index (χ0v) is 17.6. The number of hydrogen-bond acceptors (Lipinski definition) is 2. The lowest BCUT2D eigenvalue weighted by Crippen LogP contribution is -2.54. The van der Waals surface area contributed by atoms with E-state index in [-0.39, 0.29) is 16.9 Å². The molecule has 3 rings (SSSR count). The molecule has 1 N–H and O–H groups in total. The number of amides is 1. The van der Waals surface area contributed by atoms with Gasteiger partial charge in [-0.3, -0.25) is 9.69 Å². The van der Waals surface area contributed by atoms with E-state index in [2.05, 4.69) is 74.8 Å². The highest BCUT2D eigenvalue weighted by molar-refractivity contribution is 5.83. The van der Waals surface area contributed by atoms with Crippen molar-refractivity contribution in [1.29, 1.82) is 0 Å². The minimum absolute atomic E-state index is 0.199. The van der Waals surface area contributed by atoms with Crippen molar-refractivity contribution in [1.82, 2.24) is 10.2 Å². The molecule has 1 aliphatic carbocycles. The second kappa shape index (κ2) is 7.79. The summed E-state index contributed by atoms with van der Waals surface area (Å²) < 4.78 is 0. The third kappa shape index (κ3) is 4.63. The Morgan fingerprint density at radius 3 is 2.67 bits per heavy atom. The van der Waals surface area contributed by atoms with Crippen molar-refractivity contribution in [3.05, 3.63) is 48.0 Å². The average molecular weight is 369 g/mol. The summed E-state index contributed by atoms with van der Waals surface area (Å²) >= 11 is 0. The first-order valence-electron chi connectivity index (χ1n) is 10.5. The highest BCUT2D eigenvalue weighted by Gasteiger charge is 2.46. The fourth-order valence-electron chi connectivity index (χ4n) is 4.82. The molecule has 27 heavy (non-hydrogen) atoms. The van der Waals surface area contributed by atoms with Gasteiger partial charge in [-0.15, -0.1) is 6.58 Å². The summed E-state index contributed by atoms with van der Waals surface area (Å²) in [5.41, 5.74) is 2.40. The topological polar surface area (TPSA) is 32.3 Å². The van der Waals surface area contributed by atoms with Crippen molar-refractivity contribution in [2.75, 3.05) is 13.1 Å². The molecule has 1 amide bonds. The van der Waals surface area contributed by atoms with Crippen molar-refractivity contribution in [3.8, 4) is 0 Å². The van der Waals surface area contributed by atoms with E-state index in [9.17, 15) is 4.79 Å². The third-order valence-corrected chi connectivity index (χ3v) is 6.50. The first-order valence-corrected chi connectivity index (χ1v) is 10.5. The molecular weight excluding hydrogens is 332 g/mol. The van der Waals surface area contributed by atoms with Crippen LogP contribution >= 0.6 is 0 Å². The second-order valence-electron chi connectivity index (χ2n) is 9.85. The molecule has 1 aromatic rings. The molecule has 1 aliphatic heterocycles.